The summed E-state index contributed by atoms with van der Waals surface area (Å²) in [6, 6.07) is 4.94. The number of nitrogens with one attached hydrogen (secondary N) is 4. The van der Waals surface area contributed by atoms with Crippen LogP contribution >= 0.6 is 0 Å². The molecule has 8 atom stereocenters. The zero-order valence-corrected chi connectivity index (χ0v) is 45.5. The van der Waals surface area contributed by atoms with Gasteiger partial charge in [0, 0.05) is 123 Å². The van der Waals surface area contributed by atoms with E-state index in [1.807, 2.05) is 19.6 Å². The van der Waals surface area contributed by atoms with Gasteiger partial charge in [-0.2, -0.15) is 0 Å². The molecule has 0 bridgehead atoms. The molecule has 8 fully saturated rings. The van der Waals surface area contributed by atoms with Gasteiger partial charge in [-0.1, -0.05) is 0 Å². The highest BCUT2D eigenvalue weighted by Gasteiger charge is 2.34. The van der Waals surface area contributed by atoms with Gasteiger partial charge >= 0.3 is 0 Å². The van der Waals surface area contributed by atoms with Gasteiger partial charge in [0.1, 0.15) is 0 Å². The molecule has 0 aromatic rings. The Morgan fingerprint density at radius 1 is 0.371 bits per heavy atom. The number of carbonyl (C=O) groups is 7. The average molecular weight is 997 g/mol. The topological polar surface area (TPSA) is 241 Å². The molecule has 0 saturated carbocycles. The molecule has 8 aliphatic heterocycles. The number of likely N-dealkylation sites (tertiary alicyclic amines) is 4. The van der Waals surface area contributed by atoms with Gasteiger partial charge < -0.3 is 56.2 Å². The quantitative estimate of drug-likeness (QED) is 0.168. The molecule has 70 heavy (non-hydrogen) atoms. The SMILES string of the molecule is C1CNC(CC2CCCN2)C1.CC(=O)N1CCCC1C.CC(=O)N1CCCC1C.CC(=O)N1CCCC1CC1CCCN1C(C)=O.CC(=O)O.CC(=O)O.CC(=O)O.CC1CCCN1.CC1CCCN1. The van der Waals surface area contributed by atoms with Crippen LogP contribution in [0.3, 0.4) is 0 Å². The maximum Gasteiger partial charge on any atom is 0.300 e. The first-order chi connectivity index (χ1) is 33.0. The van der Waals surface area contributed by atoms with Crippen molar-refractivity contribution in [2.24, 2.45) is 0 Å². The Labute approximate surface area is 422 Å². The van der Waals surface area contributed by atoms with E-state index >= 15 is 0 Å². The molecular formula is C52H100N8O10. The number of hydrogen-bond donors (Lipinski definition) is 7. The first kappa shape index (κ1) is 66.1. The summed E-state index contributed by atoms with van der Waals surface area (Å²) in [4.78, 5) is 79.4. The Kier molecular flexibility index (Phi) is 36.6. The lowest BCUT2D eigenvalue weighted by Gasteiger charge is -2.30. The van der Waals surface area contributed by atoms with Crippen LogP contribution in [0.25, 0.3) is 0 Å². The van der Waals surface area contributed by atoms with E-state index in [2.05, 4.69) is 49.0 Å². The van der Waals surface area contributed by atoms with E-state index in [-0.39, 0.29) is 23.6 Å². The zero-order chi connectivity index (χ0) is 53.2. The summed E-state index contributed by atoms with van der Waals surface area (Å²) < 4.78 is 0. The van der Waals surface area contributed by atoms with Crippen molar-refractivity contribution in [3.8, 4) is 0 Å². The van der Waals surface area contributed by atoms with Crippen molar-refractivity contribution in [1.29, 1.82) is 0 Å². The fourth-order valence-corrected chi connectivity index (χ4v) is 10.1. The van der Waals surface area contributed by atoms with E-state index in [0.717, 1.165) is 103 Å². The number of carbonyl (C=O) groups excluding carboxylic acids is 4. The molecule has 0 aromatic heterocycles. The second-order valence-electron chi connectivity index (χ2n) is 20.0. The number of hydrogen-bond acceptors (Lipinski definition) is 11. The molecule has 408 valence electrons. The van der Waals surface area contributed by atoms with E-state index in [4.69, 9.17) is 29.7 Å². The van der Waals surface area contributed by atoms with Gasteiger partial charge in [-0.05, 0) is 169 Å². The van der Waals surface area contributed by atoms with Crippen molar-refractivity contribution < 1.29 is 48.9 Å². The second-order valence-corrected chi connectivity index (χ2v) is 20.0. The van der Waals surface area contributed by atoms with Gasteiger partial charge in [0.2, 0.25) is 23.6 Å². The summed E-state index contributed by atoms with van der Waals surface area (Å²) >= 11 is 0. The first-order valence-electron chi connectivity index (χ1n) is 26.6. The zero-order valence-electron chi connectivity index (χ0n) is 45.5. The molecule has 0 aliphatic carbocycles. The molecule has 8 heterocycles. The van der Waals surface area contributed by atoms with Crippen LogP contribution in [0.5, 0.6) is 0 Å². The van der Waals surface area contributed by atoms with Gasteiger partial charge in [0.05, 0.1) is 0 Å². The van der Waals surface area contributed by atoms with E-state index in [1.165, 1.54) is 110 Å². The normalized spacial score (nSPS) is 26.9. The number of aliphatic carboxylic acids is 3. The molecular weight excluding hydrogens is 897 g/mol. The lowest BCUT2D eigenvalue weighted by Crippen LogP contribution is -2.41. The Morgan fingerprint density at radius 2 is 0.643 bits per heavy atom. The Balaban J connectivity index is 0.000000802. The average Bonchev–Trinajstić information content (AvgIpc) is 4.11. The molecule has 0 radical (unpaired) electrons. The summed E-state index contributed by atoms with van der Waals surface area (Å²) in [5.41, 5.74) is 0. The smallest absolute Gasteiger partial charge is 0.300 e. The third-order valence-electron chi connectivity index (χ3n) is 13.5. The van der Waals surface area contributed by atoms with E-state index in [9.17, 15) is 19.2 Å². The largest absolute Gasteiger partial charge is 0.481 e. The van der Waals surface area contributed by atoms with Crippen molar-refractivity contribution in [3.05, 3.63) is 0 Å². The fraction of sp³-hybridized carbons (Fsp3) is 0.865. The van der Waals surface area contributed by atoms with E-state index in [1.54, 1.807) is 27.7 Å². The van der Waals surface area contributed by atoms with Crippen LogP contribution in [-0.2, 0) is 33.6 Å². The van der Waals surface area contributed by atoms with Gasteiger partial charge in [-0.15, -0.1) is 0 Å². The fourth-order valence-electron chi connectivity index (χ4n) is 10.1. The van der Waals surface area contributed by atoms with Gasteiger partial charge in [-0.25, -0.2) is 0 Å². The lowest BCUT2D eigenvalue weighted by molar-refractivity contribution is -0.135. The first-order valence-corrected chi connectivity index (χ1v) is 26.6. The summed E-state index contributed by atoms with van der Waals surface area (Å²) in [5, 5.41) is 36.0. The maximum atomic E-state index is 11.5. The summed E-state index contributed by atoms with van der Waals surface area (Å²) in [6.07, 6.45) is 22.5. The summed E-state index contributed by atoms with van der Waals surface area (Å²) in [7, 11) is 0. The molecule has 8 unspecified atom stereocenters. The highest BCUT2D eigenvalue weighted by atomic mass is 16.4. The van der Waals surface area contributed by atoms with Crippen molar-refractivity contribution >= 4 is 41.5 Å². The third kappa shape index (κ3) is 32.9. The summed E-state index contributed by atoms with van der Waals surface area (Å²) in [5.74, 6) is -1.69. The third-order valence-corrected chi connectivity index (χ3v) is 13.5. The van der Waals surface area contributed by atoms with Crippen LogP contribution in [-0.4, -0.2) is 177 Å². The van der Waals surface area contributed by atoms with Crippen LogP contribution in [0.4, 0.5) is 0 Å². The Hall–Kier alpha value is -3.87. The van der Waals surface area contributed by atoms with Crippen LogP contribution in [0, 0.1) is 0 Å². The number of carboxylic acid groups (broad SMARTS) is 3. The van der Waals surface area contributed by atoms with Crippen molar-refractivity contribution in [1.82, 2.24) is 40.9 Å². The van der Waals surface area contributed by atoms with Crippen molar-refractivity contribution in [3.63, 3.8) is 0 Å². The lowest BCUT2D eigenvalue weighted by atomic mass is 10.0. The number of amides is 4. The highest BCUT2D eigenvalue weighted by Crippen LogP contribution is 2.28. The van der Waals surface area contributed by atoms with E-state index < -0.39 is 17.9 Å². The predicted molar refractivity (Wildman–Crippen MR) is 278 cm³/mol. The van der Waals surface area contributed by atoms with Crippen molar-refractivity contribution in [2.75, 3.05) is 52.4 Å². The van der Waals surface area contributed by atoms with Gasteiger partial charge in [-0.3, -0.25) is 33.6 Å². The monoisotopic (exact) mass is 997 g/mol. The predicted octanol–water partition coefficient (Wildman–Crippen LogP) is 6.10. The minimum Gasteiger partial charge on any atom is -0.481 e. The molecule has 4 amide bonds. The molecule has 18 nitrogen and oxygen atoms in total. The number of carboxylic acids is 3. The highest BCUT2D eigenvalue weighted by molar-refractivity contribution is 5.75. The maximum absolute atomic E-state index is 11.5. The Morgan fingerprint density at radius 3 is 0.829 bits per heavy atom. The molecule has 18 heteroatoms. The van der Waals surface area contributed by atoms with Crippen LogP contribution < -0.4 is 21.3 Å². The molecule has 0 aromatic carbocycles. The molecule has 8 saturated heterocycles. The van der Waals surface area contributed by atoms with Crippen molar-refractivity contribution in [2.45, 2.75) is 240 Å². The standard InChI is InChI=1S/C13H22N2O2.C9H18N2.2C7H13NO.2C5H11N.3C2H4O2/c1-10(16)14-7-3-5-12(14)9-13-6-4-8-15(13)11(2)17;1-3-8(10-5-1)7-9-4-2-6-11-9;2*1-6-4-3-5-8(6)7(2)9;2*1-5-3-2-4-6-5;3*1-2(3)4/h12-13H,3-9H2,1-2H3;8-11H,1-7H2;2*6H,3-5H2,1-2H3;2*5-6H,2-4H2,1H3;3*1H3,(H,3,4). The van der Waals surface area contributed by atoms with E-state index in [0.29, 0.717) is 24.2 Å². The molecule has 8 aliphatic rings. The number of rotatable bonds is 4. The molecule has 0 spiro atoms. The minimum atomic E-state index is -0.833. The van der Waals surface area contributed by atoms with Gasteiger partial charge in [0.15, 0.2) is 0 Å². The van der Waals surface area contributed by atoms with Crippen LogP contribution in [0.1, 0.15) is 192 Å². The molecule has 7 N–H and O–H groups in total. The Bertz CT molecular complexity index is 1350. The van der Waals surface area contributed by atoms with Crippen LogP contribution in [0.15, 0.2) is 0 Å². The second kappa shape index (κ2) is 38.8. The minimum absolute atomic E-state index is 0.180. The molecule has 8 rings (SSSR count). The van der Waals surface area contributed by atoms with Crippen LogP contribution in [0.2, 0.25) is 0 Å². The summed E-state index contributed by atoms with van der Waals surface area (Å²) in [6.45, 7) is 27.2. The number of nitrogens with zero attached hydrogens (tertiary/aromatic N) is 4. The van der Waals surface area contributed by atoms with Gasteiger partial charge in [0.25, 0.3) is 17.9 Å².